The first kappa shape index (κ1) is 42.5. The highest BCUT2D eigenvalue weighted by atomic mass is 19.1. The minimum atomic E-state index is -2.12. The summed E-state index contributed by atoms with van der Waals surface area (Å²) in [6, 6.07) is 18.7. The molecule has 0 aliphatic rings. The van der Waals surface area contributed by atoms with Crippen molar-refractivity contribution in [2.24, 2.45) is 22.7 Å². The molecule has 0 saturated heterocycles. The zero-order valence-electron chi connectivity index (χ0n) is 34.3. The molecule has 4 unspecified atom stereocenters. The number of aliphatic hydroxyl groups is 2. The van der Waals surface area contributed by atoms with Gasteiger partial charge in [-0.3, -0.25) is 9.59 Å². The number of nitrogens with zero attached hydrogens (tertiary/aromatic N) is 2. The summed E-state index contributed by atoms with van der Waals surface area (Å²) in [4.78, 5) is 42.7. The SMILES string of the molecule is CC(C)CC(O)(CF)C(=O)NC(c1nc2cc(-c3ccc(-c4ccc5[nH]c(C(NC(=O)C(O)(CF)CC(C)C)C(C)(C)C)nc5c4)cc3)ccc2[nH]1)C(C)(C)C. The summed E-state index contributed by atoms with van der Waals surface area (Å²) in [5.74, 6) is -0.648. The van der Waals surface area contributed by atoms with Crippen molar-refractivity contribution in [3.63, 3.8) is 0 Å². The maximum Gasteiger partial charge on any atom is 0.255 e. The van der Waals surface area contributed by atoms with E-state index in [0.717, 1.165) is 33.3 Å². The molecule has 2 aromatic heterocycles. The van der Waals surface area contributed by atoms with Crippen LogP contribution in [-0.4, -0.2) is 66.5 Å². The van der Waals surface area contributed by atoms with Crippen molar-refractivity contribution in [2.45, 2.75) is 105 Å². The summed E-state index contributed by atoms with van der Waals surface area (Å²) >= 11 is 0. The second-order valence-electron chi connectivity index (χ2n) is 18.4. The minimum Gasteiger partial charge on any atom is -0.377 e. The van der Waals surface area contributed by atoms with Crippen LogP contribution in [-0.2, 0) is 9.59 Å². The van der Waals surface area contributed by atoms with Gasteiger partial charge in [0.05, 0.1) is 34.2 Å². The summed E-state index contributed by atoms with van der Waals surface area (Å²) < 4.78 is 27.9. The fourth-order valence-corrected chi connectivity index (χ4v) is 7.23. The normalized spacial score (nSPS) is 15.9. The molecule has 56 heavy (non-hydrogen) atoms. The number of hydrogen-bond donors (Lipinski definition) is 6. The van der Waals surface area contributed by atoms with Crippen LogP contribution < -0.4 is 10.6 Å². The van der Waals surface area contributed by atoms with E-state index >= 15 is 0 Å². The number of imidazole rings is 2. The van der Waals surface area contributed by atoms with Gasteiger partial charge in [0.2, 0.25) is 0 Å². The molecule has 5 rings (SSSR count). The third-order valence-electron chi connectivity index (χ3n) is 10.2. The van der Waals surface area contributed by atoms with Crippen molar-refractivity contribution in [3.8, 4) is 22.3 Å². The van der Waals surface area contributed by atoms with Crippen LogP contribution in [0.15, 0.2) is 60.7 Å². The Morgan fingerprint density at radius 1 is 0.607 bits per heavy atom. The molecular weight excluding hydrogens is 715 g/mol. The van der Waals surface area contributed by atoms with Crippen LogP contribution >= 0.6 is 0 Å². The number of amides is 2. The Bertz CT molecular complexity index is 2010. The largest absolute Gasteiger partial charge is 0.377 e. The highest BCUT2D eigenvalue weighted by molar-refractivity contribution is 5.87. The summed E-state index contributed by atoms with van der Waals surface area (Å²) in [6.07, 6.45) is 0.00134. The third kappa shape index (κ3) is 9.29. The number of hydrogen-bond acceptors (Lipinski definition) is 6. The number of nitrogens with one attached hydrogen (secondary N) is 4. The second kappa shape index (κ2) is 16.1. The van der Waals surface area contributed by atoms with Crippen LogP contribution in [0.25, 0.3) is 44.3 Å². The fraction of sp³-hybridized carbons (Fsp3) is 0.500. The number of benzene rings is 3. The van der Waals surface area contributed by atoms with E-state index in [1.54, 1.807) is 0 Å². The first-order valence-electron chi connectivity index (χ1n) is 19.4. The van der Waals surface area contributed by atoms with Crippen molar-refractivity contribution >= 4 is 33.9 Å². The smallest absolute Gasteiger partial charge is 0.255 e. The van der Waals surface area contributed by atoms with E-state index in [4.69, 9.17) is 9.97 Å². The molecule has 302 valence electrons. The molecule has 5 aromatic rings. The highest BCUT2D eigenvalue weighted by Gasteiger charge is 2.42. The average Bonchev–Trinajstić information content (AvgIpc) is 3.74. The van der Waals surface area contributed by atoms with Gasteiger partial charge in [-0.2, -0.15) is 0 Å². The molecule has 0 radical (unpaired) electrons. The second-order valence-corrected chi connectivity index (χ2v) is 18.4. The molecule has 0 aliphatic carbocycles. The van der Waals surface area contributed by atoms with Crippen LogP contribution in [0.5, 0.6) is 0 Å². The number of rotatable bonds is 14. The Labute approximate surface area is 328 Å². The van der Waals surface area contributed by atoms with E-state index in [2.05, 4.69) is 20.6 Å². The summed E-state index contributed by atoms with van der Waals surface area (Å²) in [6.45, 7) is 16.7. The number of carbonyl (C=O) groups excluding carboxylic acids is 2. The van der Waals surface area contributed by atoms with E-state index in [0.29, 0.717) is 22.7 Å². The number of aromatic amines is 2. The summed E-state index contributed by atoms with van der Waals surface area (Å²) in [5.41, 5.74) is 1.54. The van der Waals surface area contributed by atoms with E-state index in [9.17, 15) is 28.6 Å². The summed E-state index contributed by atoms with van der Waals surface area (Å²) in [7, 11) is 0. The van der Waals surface area contributed by atoms with Gasteiger partial charge in [0.1, 0.15) is 25.0 Å². The van der Waals surface area contributed by atoms with Crippen molar-refractivity contribution in [1.82, 2.24) is 30.6 Å². The molecule has 0 fully saturated rings. The highest BCUT2D eigenvalue weighted by Crippen LogP contribution is 2.36. The first-order chi connectivity index (χ1) is 26.1. The molecular formula is C44H58F2N6O4. The predicted molar refractivity (Wildman–Crippen MR) is 218 cm³/mol. The zero-order valence-corrected chi connectivity index (χ0v) is 34.3. The van der Waals surface area contributed by atoms with Gasteiger partial charge >= 0.3 is 0 Å². The van der Waals surface area contributed by atoms with Gasteiger partial charge in [0.15, 0.2) is 11.2 Å². The van der Waals surface area contributed by atoms with E-state index in [1.807, 2.05) is 130 Å². The first-order valence-corrected chi connectivity index (χ1v) is 19.4. The molecule has 0 aliphatic heterocycles. The maximum absolute atomic E-state index is 14.0. The number of aromatic nitrogens is 4. The molecule has 12 heteroatoms. The zero-order chi connectivity index (χ0) is 41.4. The van der Waals surface area contributed by atoms with E-state index in [1.165, 1.54) is 0 Å². The molecule has 0 spiro atoms. The van der Waals surface area contributed by atoms with Crippen molar-refractivity contribution in [3.05, 3.63) is 72.3 Å². The van der Waals surface area contributed by atoms with Gasteiger partial charge in [-0.1, -0.05) is 106 Å². The Hall–Kier alpha value is -4.68. The number of H-pyrrole nitrogens is 2. The monoisotopic (exact) mass is 772 g/mol. The van der Waals surface area contributed by atoms with Crippen molar-refractivity contribution < 1.29 is 28.6 Å². The third-order valence-corrected chi connectivity index (χ3v) is 10.2. The lowest BCUT2D eigenvalue weighted by atomic mass is 9.85. The Kier molecular flexibility index (Phi) is 12.2. The number of alkyl halides is 2. The van der Waals surface area contributed by atoms with Crippen LogP contribution in [0.1, 0.15) is 106 Å². The molecule has 4 atom stereocenters. The fourth-order valence-electron chi connectivity index (χ4n) is 7.23. The Balaban J connectivity index is 1.37. The van der Waals surface area contributed by atoms with Crippen molar-refractivity contribution in [2.75, 3.05) is 13.3 Å². The van der Waals surface area contributed by atoms with Crippen LogP contribution in [0.2, 0.25) is 0 Å². The molecule has 6 N–H and O–H groups in total. The Morgan fingerprint density at radius 3 is 1.21 bits per heavy atom. The topological polar surface area (TPSA) is 156 Å². The number of carbonyl (C=O) groups is 2. The van der Waals surface area contributed by atoms with Gasteiger partial charge in [0, 0.05) is 0 Å². The summed E-state index contributed by atoms with van der Waals surface area (Å²) in [5, 5.41) is 27.4. The molecule has 0 saturated carbocycles. The lowest BCUT2D eigenvalue weighted by Gasteiger charge is -2.33. The van der Waals surface area contributed by atoms with Gasteiger partial charge < -0.3 is 30.8 Å². The number of fused-ring (bicyclic) bond motifs is 2. The van der Waals surface area contributed by atoms with Gasteiger partial charge in [-0.05, 0) is 82.0 Å². The lowest BCUT2D eigenvalue weighted by Crippen LogP contribution is -2.52. The Morgan fingerprint density at radius 2 is 0.929 bits per heavy atom. The standard InChI is InChI=1S/C44H58F2N6O4/c1-25(2)21-43(55,23-45)39(53)51-35(41(5,6)7)37-47-31-17-15-29(19-33(31)49-37)27-11-13-28(14-12-27)30-16-18-32-34(20-30)50-38(48-32)36(42(8,9)10)52-40(54)44(56,24-46)22-26(3)4/h11-20,25-26,35-36,55-56H,21-24H2,1-10H3,(H,47,49)(H,48,50)(H,51,53)(H,52,54). The van der Waals surface area contributed by atoms with Crippen LogP contribution in [0.4, 0.5) is 8.78 Å². The van der Waals surface area contributed by atoms with Crippen molar-refractivity contribution in [1.29, 1.82) is 0 Å². The molecule has 2 amide bonds. The predicted octanol–water partition coefficient (Wildman–Crippen LogP) is 8.67. The molecule has 0 bridgehead atoms. The lowest BCUT2D eigenvalue weighted by molar-refractivity contribution is -0.145. The quantitative estimate of drug-likeness (QED) is 0.0664. The van der Waals surface area contributed by atoms with Gasteiger partial charge in [-0.25, -0.2) is 18.7 Å². The van der Waals surface area contributed by atoms with Gasteiger partial charge in [0.25, 0.3) is 11.8 Å². The minimum absolute atomic E-state index is 0.000669. The van der Waals surface area contributed by atoms with Crippen LogP contribution in [0.3, 0.4) is 0 Å². The maximum atomic E-state index is 14.0. The molecule has 3 aromatic carbocycles. The molecule has 10 nitrogen and oxygen atoms in total. The molecule has 2 heterocycles. The van der Waals surface area contributed by atoms with Gasteiger partial charge in [-0.15, -0.1) is 0 Å². The number of halogens is 2. The van der Waals surface area contributed by atoms with E-state index < -0.39 is 59.3 Å². The van der Waals surface area contributed by atoms with E-state index in [-0.39, 0.29) is 24.7 Å². The average molecular weight is 773 g/mol. The van der Waals surface area contributed by atoms with Crippen LogP contribution in [0, 0.1) is 22.7 Å².